The molecule has 2 amide bonds. The minimum absolute atomic E-state index is 0.00212. The lowest BCUT2D eigenvalue weighted by atomic mass is 10.1. The van der Waals surface area contributed by atoms with Gasteiger partial charge in [-0.25, -0.2) is 4.39 Å². The van der Waals surface area contributed by atoms with E-state index in [1.165, 1.54) is 17.0 Å². The van der Waals surface area contributed by atoms with Gasteiger partial charge in [0.15, 0.2) is 0 Å². The topological polar surface area (TPSA) is 49.4 Å². The molecule has 6 heteroatoms. The van der Waals surface area contributed by atoms with Crippen molar-refractivity contribution in [2.75, 3.05) is 0 Å². The van der Waals surface area contributed by atoms with E-state index in [1.54, 1.807) is 13.0 Å². The molecule has 1 N–H and O–H groups in total. The van der Waals surface area contributed by atoms with Crippen LogP contribution in [0, 0.1) is 12.7 Å². The average molecular weight is 419 g/mol. The van der Waals surface area contributed by atoms with Crippen LogP contribution < -0.4 is 5.32 Å². The fraction of sp³-hybridized carbons (Fsp3) is 0.391. The summed E-state index contributed by atoms with van der Waals surface area (Å²) in [6.07, 6.45) is 0.577. The van der Waals surface area contributed by atoms with Crippen LogP contribution in [-0.4, -0.2) is 28.8 Å². The van der Waals surface area contributed by atoms with E-state index in [2.05, 4.69) is 5.32 Å². The van der Waals surface area contributed by atoms with E-state index in [9.17, 15) is 14.0 Å². The molecule has 0 aliphatic carbocycles. The first-order valence-electron chi connectivity index (χ1n) is 9.81. The average Bonchev–Trinajstić information content (AvgIpc) is 2.69. The lowest BCUT2D eigenvalue weighted by Crippen LogP contribution is -2.50. The molecular weight excluding hydrogens is 391 g/mol. The summed E-state index contributed by atoms with van der Waals surface area (Å²) in [7, 11) is 0. The molecule has 0 unspecified atom stereocenters. The summed E-state index contributed by atoms with van der Waals surface area (Å²) in [5.74, 6) is -1.12. The van der Waals surface area contributed by atoms with Crippen LogP contribution in [-0.2, 0) is 22.6 Å². The van der Waals surface area contributed by atoms with Crippen LogP contribution in [0.4, 0.5) is 4.39 Å². The zero-order valence-corrected chi connectivity index (χ0v) is 18.1. The Morgan fingerprint density at radius 2 is 1.79 bits per heavy atom. The van der Waals surface area contributed by atoms with Gasteiger partial charge in [-0.3, -0.25) is 9.59 Å². The first-order chi connectivity index (χ1) is 13.7. The van der Waals surface area contributed by atoms with E-state index in [4.69, 9.17) is 11.6 Å². The van der Waals surface area contributed by atoms with Crippen molar-refractivity contribution in [2.24, 2.45) is 0 Å². The third-order valence-electron chi connectivity index (χ3n) is 5.03. The molecule has 0 aliphatic heterocycles. The molecule has 0 radical (unpaired) electrons. The van der Waals surface area contributed by atoms with Crippen molar-refractivity contribution in [3.63, 3.8) is 0 Å². The number of nitrogens with one attached hydrogen (secondary N) is 1. The highest BCUT2D eigenvalue weighted by atomic mass is 35.5. The van der Waals surface area contributed by atoms with Crippen molar-refractivity contribution < 1.29 is 14.0 Å². The molecule has 0 saturated heterocycles. The normalized spacial score (nSPS) is 12.9. The number of carbonyl (C=O) groups is 2. The van der Waals surface area contributed by atoms with Gasteiger partial charge in [-0.15, -0.1) is 0 Å². The van der Waals surface area contributed by atoms with Gasteiger partial charge in [-0.2, -0.15) is 0 Å². The number of rotatable bonds is 8. The lowest BCUT2D eigenvalue weighted by Gasteiger charge is -2.30. The Balaban J connectivity index is 2.28. The fourth-order valence-electron chi connectivity index (χ4n) is 2.89. The van der Waals surface area contributed by atoms with Crippen LogP contribution in [0.5, 0.6) is 0 Å². The SMILES string of the molecule is CC[C@@H](C)NC(=O)[C@H](C)N(Cc1ccc(C)cc1)C(=O)Cc1c(F)cccc1Cl. The fourth-order valence-corrected chi connectivity index (χ4v) is 3.12. The highest BCUT2D eigenvalue weighted by Gasteiger charge is 2.27. The van der Waals surface area contributed by atoms with Gasteiger partial charge < -0.3 is 10.2 Å². The molecule has 2 rings (SSSR count). The monoisotopic (exact) mass is 418 g/mol. The Kier molecular flexibility index (Phi) is 8.21. The summed E-state index contributed by atoms with van der Waals surface area (Å²) in [5, 5.41) is 3.11. The zero-order valence-electron chi connectivity index (χ0n) is 17.3. The van der Waals surface area contributed by atoms with Crippen molar-refractivity contribution in [1.82, 2.24) is 10.2 Å². The number of amides is 2. The Morgan fingerprint density at radius 3 is 2.38 bits per heavy atom. The van der Waals surface area contributed by atoms with E-state index in [-0.39, 0.29) is 41.4 Å². The molecule has 0 bridgehead atoms. The van der Waals surface area contributed by atoms with Crippen molar-refractivity contribution in [3.8, 4) is 0 Å². The van der Waals surface area contributed by atoms with Crippen LogP contribution in [0.2, 0.25) is 5.02 Å². The highest BCUT2D eigenvalue weighted by molar-refractivity contribution is 6.31. The number of hydrogen-bond acceptors (Lipinski definition) is 2. The van der Waals surface area contributed by atoms with Crippen LogP contribution in [0.25, 0.3) is 0 Å². The second-order valence-electron chi connectivity index (χ2n) is 7.38. The van der Waals surface area contributed by atoms with E-state index in [0.29, 0.717) is 0 Å². The third kappa shape index (κ3) is 6.29. The maximum absolute atomic E-state index is 14.2. The molecule has 4 nitrogen and oxygen atoms in total. The second-order valence-corrected chi connectivity index (χ2v) is 7.79. The summed E-state index contributed by atoms with van der Waals surface area (Å²) in [5.41, 5.74) is 2.14. The lowest BCUT2D eigenvalue weighted by molar-refractivity contribution is -0.140. The first-order valence-corrected chi connectivity index (χ1v) is 10.2. The summed E-state index contributed by atoms with van der Waals surface area (Å²) in [6.45, 7) is 7.81. The molecule has 0 aromatic heterocycles. The number of nitrogens with zero attached hydrogens (tertiary/aromatic N) is 1. The van der Waals surface area contributed by atoms with Crippen LogP contribution in [0.3, 0.4) is 0 Å². The Labute approximate surface area is 177 Å². The van der Waals surface area contributed by atoms with Gasteiger partial charge in [0.05, 0.1) is 6.42 Å². The Hall–Kier alpha value is -2.40. The number of aryl methyl sites for hydroxylation is 1. The largest absolute Gasteiger partial charge is 0.352 e. The second kappa shape index (κ2) is 10.4. The summed E-state index contributed by atoms with van der Waals surface area (Å²) in [6, 6.07) is 11.4. The van der Waals surface area contributed by atoms with Gasteiger partial charge >= 0.3 is 0 Å². The third-order valence-corrected chi connectivity index (χ3v) is 5.39. The van der Waals surface area contributed by atoms with Gasteiger partial charge in [-0.05, 0) is 44.9 Å². The first kappa shape index (κ1) is 22.9. The number of benzene rings is 2. The maximum atomic E-state index is 14.2. The smallest absolute Gasteiger partial charge is 0.242 e. The minimum Gasteiger partial charge on any atom is -0.352 e. The van der Waals surface area contributed by atoms with Crippen molar-refractivity contribution >= 4 is 23.4 Å². The van der Waals surface area contributed by atoms with Crippen molar-refractivity contribution in [2.45, 2.75) is 59.2 Å². The van der Waals surface area contributed by atoms with E-state index >= 15 is 0 Å². The molecule has 29 heavy (non-hydrogen) atoms. The summed E-state index contributed by atoms with van der Waals surface area (Å²) < 4.78 is 14.2. The van der Waals surface area contributed by atoms with Gasteiger partial charge in [-0.1, -0.05) is 54.4 Å². The van der Waals surface area contributed by atoms with Crippen LogP contribution >= 0.6 is 11.6 Å². The molecule has 0 heterocycles. The van der Waals surface area contributed by atoms with Crippen molar-refractivity contribution in [1.29, 1.82) is 0 Å². The van der Waals surface area contributed by atoms with E-state index in [1.807, 2.05) is 45.0 Å². The Morgan fingerprint density at radius 1 is 1.14 bits per heavy atom. The van der Waals surface area contributed by atoms with Crippen molar-refractivity contribution in [3.05, 3.63) is 70.0 Å². The molecule has 2 aromatic carbocycles. The van der Waals surface area contributed by atoms with Gasteiger partial charge in [0.25, 0.3) is 0 Å². The number of hydrogen-bond donors (Lipinski definition) is 1. The molecule has 2 aromatic rings. The summed E-state index contributed by atoms with van der Waals surface area (Å²) in [4.78, 5) is 27.3. The zero-order chi connectivity index (χ0) is 21.6. The predicted octanol–water partition coefficient (Wildman–Crippen LogP) is 4.66. The van der Waals surface area contributed by atoms with E-state index < -0.39 is 11.9 Å². The molecule has 0 fully saturated rings. The predicted molar refractivity (Wildman–Crippen MR) is 114 cm³/mol. The molecular formula is C23H28ClFN2O2. The molecule has 0 spiro atoms. The minimum atomic E-state index is -0.705. The van der Waals surface area contributed by atoms with E-state index in [0.717, 1.165) is 17.5 Å². The molecule has 156 valence electrons. The number of halogens is 2. The molecule has 2 atom stereocenters. The van der Waals surface area contributed by atoms with Crippen LogP contribution in [0.15, 0.2) is 42.5 Å². The molecule has 0 saturated carbocycles. The molecule has 0 aliphatic rings. The Bertz CT molecular complexity index is 834. The highest BCUT2D eigenvalue weighted by Crippen LogP contribution is 2.21. The quantitative estimate of drug-likeness (QED) is 0.677. The number of carbonyl (C=O) groups excluding carboxylic acids is 2. The maximum Gasteiger partial charge on any atom is 0.242 e. The standard InChI is InChI=1S/C23H28ClFN2O2/c1-5-16(3)26-23(29)17(4)27(14-18-11-9-15(2)10-12-18)22(28)13-19-20(24)7-6-8-21(19)25/h6-12,16-17H,5,13-14H2,1-4H3,(H,26,29)/t16-,17+/m1/s1. The van der Waals surface area contributed by atoms with Crippen LogP contribution in [0.1, 0.15) is 43.9 Å². The van der Waals surface area contributed by atoms with Gasteiger partial charge in [0.1, 0.15) is 11.9 Å². The summed E-state index contributed by atoms with van der Waals surface area (Å²) >= 11 is 6.10. The van der Waals surface area contributed by atoms with Gasteiger partial charge in [0.2, 0.25) is 11.8 Å². The van der Waals surface area contributed by atoms with Gasteiger partial charge in [0, 0.05) is 23.2 Å².